The second kappa shape index (κ2) is 6.40. The minimum Gasteiger partial charge on any atom is -0.308 e. The van der Waals surface area contributed by atoms with E-state index in [1.54, 1.807) is 12.1 Å². The highest BCUT2D eigenvalue weighted by molar-refractivity contribution is 6.14. The van der Waals surface area contributed by atoms with Gasteiger partial charge >= 0.3 is 0 Å². The SMILES string of the molecule is Cc1cc(C)c(/C=C2\N=C(Cc3ccc(F)cc3)NC2=O)c(C)c1. The molecule has 0 saturated heterocycles. The van der Waals surface area contributed by atoms with Crippen LogP contribution in [-0.2, 0) is 11.2 Å². The smallest absolute Gasteiger partial charge is 0.275 e. The van der Waals surface area contributed by atoms with Crippen LogP contribution in [0.1, 0.15) is 27.8 Å². The normalized spacial score (nSPS) is 15.6. The zero-order valence-electron chi connectivity index (χ0n) is 14.0. The fourth-order valence-electron chi connectivity index (χ4n) is 2.95. The minimum atomic E-state index is -0.276. The average Bonchev–Trinajstić information content (AvgIpc) is 2.85. The highest BCUT2D eigenvalue weighted by atomic mass is 19.1. The molecule has 1 N–H and O–H groups in total. The number of rotatable bonds is 3. The van der Waals surface area contributed by atoms with E-state index in [1.807, 2.05) is 19.9 Å². The lowest BCUT2D eigenvalue weighted by atomic mass is 9.99. The maximum Gasteiger partial charge on any atom is 0.275 e. The first-order valence-corrected chi connectivity index (χ1v) is 7.85. The van der Waals surface area contributed by atoms with Crippen molar-refractivity contribution < 1.29 is 9.18 Å². The van der Waals surface area contributed by atoms with E-state index >= 15 is 0 Å². The Kier molecular flexibility index (Phi) is 4.30. The summed E-state index contributed by atoms with van der Waals surface area (Å²) >= 11 is 0. The molecule has 1 amide bonds. The van der Waals surface area contributed by atoms with Crippen LogP contribution in [0, 0.1) is 26.6 Å². The van der Waals surface area contributed by atoms with Gasteiger partial charge in [0.15, 0.2) is 0 Å². The number of amides is 1. The third kappa shape index (κ3) is 3.43. The van der Waals surface area contributed by atoms with Crippen LogP contribution in [0.3, 0.4) is 0 Å². The van der Waals surface area contributed by atoms with Gasteiger partial charge in [0.25, 0.3) is 5.91 Å². The molecule has 1 aliphatic heterocycles. The van der Waals surface area contributed by atoms with Crippen molar-refractivity contribution in [3.8, 4) is 0 Å². The molecule has 2 aromatic carbocycles. The second-order valence-corrected chi connectivity index (χ2v) is 6.16. The Morgan fingerprint density at radius 1 is 1.08 bits per heavy atom. The predicted octanol–water partition coefficient (Wildman–Crippen LogP) is 3.86. The van der Waals surface area contributed by atoms with E-state index in [0.29, 0.717) is 18.0 Å². The van der Waals surface area contributed by atoms with Gasteiger partial charge < -0.3 is 5.32 Å². The molecule has 0 spiro atoms. The second-order valence-electron chi connectivity index (χ2n) is 6.16. The van der Waals surface area contributed by atoms with Gasteiger partial charge in [-0.3, -0.25) is 4.79 Å². The number of aliphatic imine (C=N–C) groups is 1. The van der Waals surface area contributed by atoms with Crippen molar-refractivity contribution in [1.29, 1.82) is 0 Å². The third-order valence-corrected chi connectivity index (χ3v) is 4.05. The van der Waals surface area contributed by atoms with Crippen molar-refractivity contribution in [2.45, 2.75) is 27.2 Å². The monoisotopic (exact) mass is 322 g/mol. The number of nitrogens with one attached hydrogen (secondary N) is 1. The Hall–Kier alpha value is -2.75. The molecule has 1 aliphatic rings. The van der Waals surface area contributed by atoms with Crippen LogP contribution in [0.5, 0.6) is 0 Å². The van der Waals surface area contributed by atoms with Crippen LogP contribution in [0.15, 0.2) is 47.1 Å². The van der Waals surface area contributed by atoms with Crippen molar-refractivity contribution in [2.24, 2.45) is 4.99 Å². The molecule has 0 atom stereocenters. The topological polar surface area (TPSA) is 41.5 Å². The lowest BCUT2D eigenvalue weighted by molar-refractivity contribution is -0.115. The van der Waals surface area contributed by atoms with Gasteiger partial charge in [-0.05, 0) is 61.2 Å². The summed E-state index contributed by atoms with van der Waals surface area (Å²) in [6.45, 7) is 6.11. The molecule has 3 rings (SSSR count). The largest absolute Gasteiger partial charge is 0.308 e. The van der Waals surface area contributed by atoms with Crippen molar-refractivity contribution in [3.63, 3.8) is 0 Å². The van der Waals surface area contributed by atoms with Gasteiger partial charge in [-0.15, -0.1) is 0 Å². The molecular weight excluding hydrogens is 303 g/mol. The van der Waals surface area contributed by atoms with Crippen molar-refractivity contribution >= 4 is 17.8 Å². The molecule has 0 aliphatic carbocycles. The standard InChI is InChI=1S/C20H19FN2O/c1-12-8-13(2)17(14(3)9-12)11-18-20(24)23-19(22-18)10-15-4-6-16(21)7-5-15/h4-9,11H,10H2,1-3H3,(H,22,23,24)/b18-11-. The highest BCUT2D eigenvalue weighted by Gasteiger charge is 2.20. The van der Waals surface area contributed by atoms with Gasteiger partial charge in [-0.1, -0.05) is 29.8 Å². The first-order chi connectivity index (χ1) is 11.4. The summed E-state index contributed by atoms with van der Waals surface area (Å²) in [7, 11) is 0. The number of carbonyl (C=O) groups excluding carboxylic acids is 1. The van der Waals surface area contributed by atoms with E-state index in [2.05, 4.69) is 29.4 Å². The van der Waals surface area contributed by atoms with E-state index in [4.69, 9.17) is 0 Å². The number of halogens is 1. The summed E-state index contributed by atoms with van der Waals surface area (Å²) < 4.78 is 13.0. The quantitative estimate of drug-likeness (QED) is 0.857. The molecular formula is C20H19FN2O. The van der Waals surface area contributed by atoms with Crippen molar-refractivity contribution in [3.05, 3.63) is 75.7 Å². The molecule has 122 valence electrons. The molecule has 0 saturated carbocycles. The molecule has 24 heavy (non-hydrogen) atoms. The number of carbonyl (C=O) groups is 1. The predicted molar refractivity (Wildman–Crippen MR) is 94.3 cm³/mol. The summed E-state index contributed by atoms with van der Waals surface area (Å²) in [4.78, 5) is 16.6. The van der Waals surface area contributed by atoms with Crippen molar-refractivity contribution in [2.75, 3.05) is 0 Å². The van der Waals surface area contributed by atoms with E-state index in [-0.39, 0.29) is 11.7 Å². The van der Waals surface area contributed by atoms with Crippen LogP contribution >= 0.6 is 0 Å². The first-order valence-electron chi connectivity index (χ1n) is 7.85. The van der Waals surface area contributed by atoms with Crippen LogP contribution in [0.2, 0.25) is 0 Å². The number of aryl methyl sites for hydroxylation is 3. The Bertz CT molecular complexity index is 841. The number of benzene rings is 2. The lowest BCUT2D eigenvalue weighted by Crippen LogP contribution is -2.25. The lowest BCUT2D eigenvalue weighted by Gasteiger charge is -2.07. The van der Waals surface area contributed by atoms with Crippen molar-refractivity contribution in [1.82, 2.24) is 5.32 Å². The fraction of sp³-hybridized carbons (Fsp3) is 0.200. The van der Waals surface area contributed by atoms with Crippen LogP contribution in [0.4, 0.5) is 4.39 Å². The highest BCUT2D eigenvalue weighted by Crippen LogP contribution is 2.21. The molecule has 0 unspecified atom stereocenters. The average molecular weight is 322 g/mol. The Labute approximate surface area is 140 Å². The number of nitrogens with zero attached hydrogens (tertiary/aromatic N) is 1. The molecule has 3 nitrogen and oxygen atoms in total. The number of hydrogen-bond acceptors (Lipinski definition) is 2. The third-order valence-electron chi connectivity index (χ3n) is 4.05. The zero-order valence-corrected chi connectivity index (χ0v) is 14.0. The van der Waals surface area contributed by atoms with E-state index in [1.165, 1.54) is 17.7 Å². The minimum absolute atomic E-state index is 0.202. The Balaban J connectivity index is 1.88. The van der Waals surface area contributed by atoms with Gasteiger partial charge in [0.05, 0.1) is 0 Å². The number of amidine groups is 1. The first kappa shape index (κ1) is 16.1. The summed E-state index contributed by atoms with van der Waals surface area (Å²) in [5.74, 6) is 0.105. The van der Waals surface area contributed by atoms with E-state index in [0.717, 1.165) is 22.3 Å². The fourth-order valence-corrected chi connectivity index (χ4v) is 2.95. The summed E-state index contributed by atoms with van der Waals surface area (Å²) in [5.41, 5.74) is 5.77. The molecule has 1 heterocycles. The maximum absolute atomic E-state index is 13.0. The molecule has 0 fully saturated rings. The summed E-state index contributed by atoms with van der Waals surface area (Å²) in [6, 6.07) is 10.4. The van der Waals surface area contributed by atoms with Gasteiger partial charge in [-0.25, -0.2) is 9.38 Å². The number of hydrogen-bond donors (Lipinski definition) is 1. The maximum atomic E-state index is 13.0. The molecule has 0 aromatic heterocycles. The van der Waals surface area contributed by atoms with Gasteiger partial charge in [0.1, 0.15) is 17.3 Å². The Morgan fingerprint density at radius 2 is 1.71 bits per heavy atom. The van der Waals surface area contributed by atoms with Gasteiger partial charge in [0, 0.05) is 6.42 Å². The van der Waals surface area contributed by atoms with Crippen LogP contribution in [0.25, 0.3) is 6.08 Å². The van der Waals surface area contributed by atoms with Crippen LogP contribution < -0.4 is 5.32 Å². The van der Waals surface area contributed by atoms with Crippen LogP contribution in [-0.4, -0.2) is 11.7 Å². The summed E-state index contributed by atoms with van der Waals surface area (Å²) in [6.07, 6.45) is 2.30. The molecule has 0 radical (unpaired) electrons. The van der Waals surface area contributed by atoms with E-state index in [9.17, 15) is 9.18 Å². The van der Waals surface area contributed by atoms with Gasteiger partial charge in [-0.2, -0.15) is 0 Å². The van der Waals surface area contributed by atoms with Gasteiger partial charge in [0.2, 0.25) is 0 Å². The molecule has 0 bridgehead atoms. The zero-order chi connectivity index (χ0) is 17.3. The van der Waals surface area contributed by atoms with E-state index < -0.39 is 0 Å². The molecule has 4 heteroatoms. The Morgan fingerprint density at radius 3 is 2.33 bits per heavy atom. The molecule has 2 aromatic rings. The summed E-state index contributed by atoms with van der Waals surface area (Å²) in [5, 5.41) is 2.79.